The number of hydrogen-bond donors (Lipinski definition) is 0. The average molecular weight is 406 g/mol. The van der Waals surface area contributed by atoms with Gasteiger partial charge in [-0.2, -0.15) is 0 Å². The molecule has 5 rings (SSSR count). The summed E-state index contributed by atoms with van der Waals surface area (Å²) in [6.07, 6.45) is -1.09. The van der Waals surface area contributed by atoms with Crippen molar-refractivity contribution < 1.29 is 28.1 Å². The molecule has 0 saturated carbocycles. The van der Waals surface area contributed by atoms with Gasteiger partial charge in [-0.05, 0) is 41.5 Å². The Bertz CT molecular complexity index is 1080. The van der Waals surface area contributed by atoms with E-state index >= 15 is 0 Å². The monoisotopic (exact) mass is 406 g/mol. The maximum atomic E-state index is 13.9. The molecular weight excluding hydrogens is 387 g/mol. The summed E-state index contributed by atoms with van der Waals surface area (Å²) >= 11 is 0. The van der Waals surface area contributed by atoms with Crippen LogP contribution in [0.5, 0.6) is 17.2 Å². The SMILES string of the molecule is O=C(c1cc(F)ccc1OCc1ccccc1)[C@H]1O[C@@H]1c1ccc2c(c1)OCCO2. The van der Waals surface area contributed by atoms with Crippen LogP contribution in [0.25, 0.3) is 0 Å². The van der Waals surface area contributed by atoms with Crippen LogP contribution >= 0.6 is 0 Å². The van der Waals surface area contributed by atoms with Crippen molar-refractivity contribution in [2.45, 2.75) is 18.8 Å². The molecule has 0 unspecified atom stereocenters. The zero-order valence-electron chi connectivity index (χ0n) is 16.0. The van der Waals surface area contributed by atoms with E-state index in [9.17, 15) is 9.18 Å². The van der Waals surface area contributed by atoms with E-state index in [4.69, 9.17) is 18.9 Å². The van der Waals surface area contributed by atoms with Gasteiger partial charge in [-0.3, -0.25) is 4.79 Å². The highest BCUT2D eigenvalue weighted by molar-refractivity contribution is 6.03. The minimum absolute atomic E-state index is 0.177. The molecule has 0 radical (unpaired) electrons. The van der Waals surface area contributed by atoms with Crippen LogP contribution in [0.3, 0.4) is 0 Å². The molecule has 1 saturated heterocycles. The summed E-state index contributed by atoms with van der Waals surface area (Å²) < 4.78 is 36.5. The van der Waals surface area contributed by atoms with E-state index < -0.39 is 18.0 Å². The lowest BCUT2D eigenvalue weighted by molar-refractivity contribution is 0.0948. The van der Waals surface area contributed by atoms with Crippen molar-refractivity contribution in [2.24, 2.45) is 0 Å². The van der Waals surface area contributed by atoms with E-state index in [0.29, 0.717) is 30.5 Å². The summed E-state index contributed by atoms with van der Waals surface area (Å²) in [5.74, 6) is 0.842. The van der Waals surface area contributed by atoms with Crippen LogP contribution in [0.2, 0.25) is 0 Å². The number of rotatable bonds is 6. The fourth-order valence-electron chi connectivity index (χ4n) is 3.51. The quantitative estimate of drug-likeness (QED) is 0.446. The third kappa shape index (κ3) is 3.74. The predicted molar refractivity (Wildman–Crippen MR) is 107 cm³/mol. The molecule has 1 fully saturated rings. The third-order valence-electron chi connectivity index (χ3n) is 5.09. The van der Waals surface area contributed by atoms with E-state index in [1.807, 2.05) is 48.5 Å². The lowest BCUT2D eigenvalue weighted by Gasteiger charge is -2.18. The van der Waals surface area contributed by atoms with Crippen molar-refractivity contribution in [1.82, 2.24) is 0 Å². The molecule has 152 valence electrons. The standard InChI is InChI=1S/C24H19FO5/c25-17-7-9-19(29-14-15-4-2-1-3-5-15)18(13-17)22(26)24-23(30-24)16-6-8-20-21(12-16)28-11-10-27-20/h1-9,12-13,23-24H,10-11,14H2/t23-,24-/m1/s1. The Hall–Kier alpha value is -3.38. The van der Waals surface area contributed by atoms with Crippen molar-refractivity contribution in [3.63, 3.8) is 0 Å². The lowest BCUT2D eigenvalue weighted by atomic mass is 10.0. The average Bonchev–Trinajstić information content (AvgIpc) is 3.59. The molecule has 2 aliphatic rings. The fraction of sp³-hybridized carbons (Fsp3) is 0.208. The molecule has 6 heteroatoms. The summed E-state index contributed by atoms with van der Waals surface area (Å²) in [5.41, 5.74) is 1.95. The Morgan fingerprint density at radius 1 is 0.967 bits per heavy atom. The number of fused-ring (bicyclic) bond motifs is 1. The van der Waals surface area contributed by atoms with Crippen LogP contribution in [-0.4, -0.2) is 25.1 Å². The van der Waals surface area contributed by atoms with Gasteiger partial charge in [0, 0.05) is 0 Å². The molecule has 30 heavy (non-hydrogen) atoms. The first kappa shape index (κ1) is 18.6. The van der Waals surface area contributed by atoms with Crippen molar-refractivity contribution in [1.29, 1.82) is 0 Å². The topological polar surface area (TPSA) is 57.3 Å². The van der Waals surface area contributed by atoms with Gasteiger partial charge in [-0.25, -0.2) is 4.39 Å². The zero-order chi connectivity index (χ0) is 20.5. The number of carbonyl (C=O) groups is 1. The highest BCUT2D eigenvalue weighted by Crippen LogP contribution is 2.44. The number of hydrogen-bond acceptors (Lipinski definition) is 5. The van der Waals surface area contributed by atoms with E-state index in [1.54, 1.807) is 0 Å². The fourth-order valence-corrected chi connectivity index (χ4v) is 3.51. The summed E-state index contributed by atoms with van der Waals surface area (Å²) in [5, 5.41) is 0. The van der Waals surface area contributed by atoms with Gasteiger partial charge in [0.2, 0.25) is 0 Å². The molecule has 0 spiro atoms. The summed E-state index contributed by atoms with van der Waals surface area (Å²) in [4.78, 5) is 13.0. The largest absolute Gasteiger partial charge is 0.488 e. The van der Waals surface area contributed by atoms with Crippen LogP contribution in [-0.2, 0) is 11.3 Å². The number of benzene rings is 3. The summed E-state index contributed by atoms with van der Waals surface area (Å²) in [6.45, 7) is 1.28. The molecule has 2 aliphatic heterocycles. The second kappa shape index (κ2) is 7.80. The first-order valence-electron chi connectivity index (χ1n) is 9.74. The van der Waals surface area contributed by atoms with Crippen LogP contribution in [0.1, 0.15) is 27.6 Å². The maximum Gasteiger partial charge on any atom is 0.198 e. The van der Waals surface area contributed by atoms with E-state index in [0.717, 1.165) is 11.1 Å². The molecule has 3 aromatic carbocycles. The van der Waals surface area contributed by atoms with Gasteiger partial charge in [0.25, 0.3) is 0 Å². The van der Waals surface area contributed by atoms with Crippen LogP contribution < -0.4 is 14.2 Å². The summed E-state index contributed by atoms with van der Waals surface area (Å²) in [7, 11) is 0. The highest BCUT2D eigenvalue weighted by atomic mass is 19.1. The second-order valence-corrected chi connectivity index (χ2v) is 7.16. The van der Waals surface area contributed by atoms with Gasteiger partial charge >= 0.3 is 0 Å². The molecule has 0 amide bonds. The summed E-state index contributed by atoms with van der Waals surface area (Å²) in [6, 6.07) is 19.0. The third-order valence-corrected chi connectivity index (χ3v) is 5.09. The molecule has 3 aromatic rings. The Morgan fingerprint density at radius 2 is 1.77 bits per heavy atom. The van der Waals surface area contributed by atoms with Crippen LogP contribution in [0.15, 0.2) is 66.7 Å². The molecule has 5 nitrogen and oxygen atoms in total. The van der Waals surface area contributed by atoms with Gasteiger partial charge in [0.05, 0.1) is 5.56 Å². The van der Waals surface area contributed by atoms with Crippen LogP contribution in [0.4, 0.5) is 4.39 Å². The van der Waals surface area contributed by atoms with E-state index in [2.05, 4.69) is 0 Å². The molecule has 0 aliphatic carbocycles. The van der Waals surface area contributed by atoms with Crippen molar-refractivity contribution in [3.05, 3.63) is 89.2 Å². The highest BCUT2D eigenvalue weighted by Gasteiger charge is 2.47. The van der Waals surface area contributed by atoms with E-state index in [-0.39, 0.29) is 18.0 Å². The first-order chi connectivity index (χ1) is 14.7. The Labute approximate surface area is 173 Å². The van der Waals surface area contributed by atoms with Gasteiger partial charge in [0.15, 0.2) is 23.4 Å². The van der Waals surface area contributed by atoms with Crippen molar-refractivity contribution in [3.8, 4) is 17.2 Å². The number of ketones is 1. The Kier molecular flexibility index (Phi) is 4.85. The first-order valence-corrected chi connectivity index (χ1v) is 9.74. The van der Waals surface area contributed by atoms with Gasteiger partial charge in [-0.1, -0.05) is 36.4 Å². The number of halogens is 1. The molecule has 0 aromatic heterocycles. The molecule has 2 atom stereocenters. The van der Waals surface area contributed by atoms with E-state index in [1.165, 1.54) is 18.2 Å². The molecule has 2 heterocycles. The lowest BCUT2D eigenvalue weighted by Crippen LogP contribution is -2.15. The van der Waals surface area contributed by atoms with Crippen molar-refractivity contribution in [2.75, 3.05) is 13.2 Å². The molecule has 0 N–H and O–H groups in total. The van der Waals surface area contributed by atoms with Gasteiger partial charge in [-0.15, -0.1) is 0 Å². The zero-order valence-corrected chi connectivity index (χ0v) is 16.0. The minimum Gasteiger partial charge on any atom is -0.488 e. The number of ether oxygens (including phenoxy) is 4. The number of carbonyl (C=O) groups excluding carboxylic acids is 1. The second-order valence-electron chi connectivity index (χ2n) is 7.16. The Balaban J connectivity index is 1.33. The predicted octanol–water partition coefficient (Wildman–Crippen LogP) is 4.50. The molecule has 0 bridgehead atoms. The van der Waals surface area contributed by atoms with Gasteiger partial charge in [0.1, 0.15) is 37.5 Å². The van der Waals surface area contributed by atoms with Crippen LogP contribution in [0, 0.1) is 5.82 Å². The minimum atomic E-state index is -0.687. The smallest absolute Gasteiger partial charge is 0.198 e. The van der Waals surface area contributed by atoms with Gasteiger partial charge < -0.3 is 18.9 Å². The maximum absolute atomic E-state index is 13.9. The van der Waals surface area contributed by atoms with Crippen molar-refractivity contribution >= 4 is 5.78 Å². The normalized spacial score (nSPS) is 19.2. The number of epoxide rings is 1. The molecular formula is C24H19FO5. The Morgan fingerprint density at radius 3 is 2.60 bits per heavy atom. The number of Topliss-reactive ketones (excluding diaryl/α,β-unsaturated/α-hetero) is 1.